The van der Waals surface area contributed by atoms with Crippen molar-refractivity contribution in [2.24, 2.45) is 0 Å². The first-order valence-corrected chi connectivity index (χ1v) is 7.38. The summed E-state index contributed by atoms with van der Waals surface area (Å²) in [6.45, 7) is 7.35. The Morgan fingerprint density at radius 1 is 1.20 bits per heavy atom. The number of benzene rings is 1. The Labute approximate surface area is 126 Å². The van der Waals surface area contributed by atoms with E-state index in [1.807, 2.05) is 13.0 Å². The quantitative estimate of drug-likeness (QED) is 0.903. The van der Waals surface area contributed by atoms with Gasteiger partial charge in [-0.25, -0.2) is 0 Å². The fourth-order valence-corrected chi connectivity index (χ4v) is 3.09. The van der Waals surface area contributed by atoms with Crippen LogP contribution in [0.5, 0.6) is 11.5 Å². The molecule has 1 aromatic rings. The van der Waals surface area contributed by atoms with Crippen LogP contribution in [0.4, 0.5) is 0 Å². The van der Waals surface area contributed by atoms with Crippen molar-refractivity contribution in [2.75, 3.05) is 46.9 Å². The Morgan fingerprint density at radius 3 is 2.45 bits per heavy atom. The van der Waals surface area contributed by atoms with Crippen LogP contribution in [0, 0.1) is 6.92 Å². The van der Waals surface area contributed by atoms with Gasteiger partial charge in [0.2, 0.25) is 0 Å². The lowest BCUT2D eigenvalue weighted by Crippen LogP contribution is -2.44. The largest absolute Gasteiger partial charge is 0.496 e. The van der Waals surface area contributed by atoms with Crippen LogP contribution < -0.4 is 14.8 Å². The number of halogens is 1. The molecule has 2 rings (SSSR count). The summed E-state index contributed by atoms with van der Waals surface area (Å²) in [5, 5.41) is 4.02. The van der Waals surface area contributed by atoms with Gasteiger partial charge in [-0.05, 0) is 25.0 Å². The Kier molecular flexibility index (Phi) is 5.52. The minimum Gasteiger partial charge on any atom is -0.496 e. The van der Waals surface area contributed by atoms with E-state index >= 15 is 0 Å². The zero-order valence-corrected chi connectivity index (χ0v) is 13.2. The van der Waals surface area contributed by atoms with Crippen molar-refractivity contribution < 1.29 is 9.47 Å². The van der Waals surface area contributed by atoms with E-state index in [1.54, 1.807) is 14.2 Å². The lowest BCUT2D eigenvalue weighted by Gasteiger charge is -2.27. The number of methoxy groups -OCH3 is 2. The highest BCUT2D eigenvalue weighted by Gasteiger charge is 2.17. The number of piperazine rings is 1. The monoisotopic (exact) mass is 298 g/mol. The van der Waals surface area contributed by atoms with Crippen LogP contribution in [0.2, 0.25) is 5.02 Å². The van der Waals surface area contributed by atoms with Crippen molar-refractivity contribution in [1.82, 2.24) is 10.2 Å². The third-order valence-corrected chi connectivity index (χ3v) is 4.09. The molecule has 112 valence electrons. The van der Waals surface area contributed by atoms with Gasteiger partial charge < -0.3 is 19.7 Å². The Bertz CT molecular complexity index is 460. The third-order valence-electron chi connectivity index (χ3n) is 3.81. The topological polar surface area (TPSA) is 33.7 Å². The summed E-state index contributed by atoms with van der Waals surface area (Å²) in [6.07, 6.45) is 0.938. The van der Waals surface area contributed by atoms with Crippen LogP contribution in [0.15, 0.2) is 6.07 Å². The molecule has 0 unspecified atom stereocenters. The SMILES string of the molecule is COc1c(Cl)cc(CCN2CCNCC2)c(OC)c1C. The fraction of sp³-hybridized carbons (Fsp3) is 0.600. The van der Waals surface area contributed by atoms with E-state index in [0.29, 0.717) is 10.8 Å². The number of hydrogen-bond acceptors (Lipinski definition) is 4. The van der Waals surface area contributed by atoms with Crippen LogP contribution in [0.3, 0.4) is 0 Å². The molecule has 0 spiro atoms. The predicted octanol–water partition coefficient (Wildman–Crippen LogP) is 2.11. The molecule has 1 aliphatic heterocycles. The zero-order valence-electron chi connectivity index (χ0n) is 12.5. The highest BCUT2D eigenvalue weighted by atomic mass is 35.5. The third kappa shape index (κ3) is 3.37. The average Bonchev–Trinajstić information content (AvgIpc) is 2.46. The summed E-state index contributed by atoms with van der Waals surface area (Å²) < 4.78 is 10.9. The van der Waals surface area contributed by atoms with Gasteiger partial charge >= 0.3 is 0 Å². The van der Waals surface area contributed by atoms with Crippen LogP contribution in [-0.4, -0.2) is 51.8 Å². The van der Waals surface area contributed by atoms with E-state index < -0.39 is 0 Å². The first kappa shape index (κ1) is 15.4. The van der Waals surface area contributed by atoms with E-state index in [0.717, 1.165) is 56.0 Å². The number of nitrogens with zero attached hydrogens (tertiary/aromatic N) is 1. The molecule has 0 bridgehead atoms. The maximum absolute atomic E-state index is 6.28. The smallest absolute Gasteiger partial charge is 0.144 e. The van der Waals surface area contributed by atoms with E-state index in [-0.39, 0.29) is 0 Å². The molecular weight excluding hydrogens is 276 g/mol. The van der Waals surface area contributed by atoms with E-state index in [4.69, 9.17) is 21.1 Å². The molecule has 0 atom stereocenters. The van der Waals surface area contributed by atoms with Gasteiger partial charge in [0.15, 0.2) is 0 Å². The van der Waals surface area contributed by atoms with Gasteiger partial charge in [0.25, 0.3) is 0 Å². The Hall–Kier alpha value is -0.970. The standard InChI is InChI=1S/C15H23ClN2O2/c1-11-14(19-2)12(10-13(16)15(11)20-3)4-7-18-8-5-17-6-9-18/h10,17H,4-9H2,1-3H3. The molecule has 0 aromatic heterocycles. The van der Waals surface area contributed by atoms with Gasteiger partial charge in [0.05, 0.1) is 19.2 Å². The molecule has 1 fully saturated rings. The number of rotatable bonds is 5. The van der Waals surface area contributed by atoms with Gasteiger partial charge in [0, 0.05) is 38.3 Å². The molecule has 5 heteroatoms. The summed E-state index contributed by atoms with van der Waals surface area (Å²) in [5.74, 6) is 1.59. The van der Waals surface area contributed by atoms with Crippen molar-refractivity contribution in [2.45, 2.75) is 13.3 Å². The van der Waals surface area contributed by atoms with Crippen molar-refractivity contribution in [1.29, 1.82) is 0 Å². The summed E-state index contributed by atoms with van der Waals surface area (Å²) in [5.41, 5.74) is 2.12. The van der Waals surface area contributed by atoms with Gasteiger partial charge in [0.1, 0.15) is 11.5 Å². The van der Waals surface area contributed by atoms with E-state index in [1.165, 1.54) is 0 Å². The second-order valence-corrected chi connectivity index (χ2v) is 5.46. The van der Waals surface area contributed by atoms with Gasteiger partial charge in [-0.2, -0.15) is 0 Å². The summed E-state index contributed by atoms with van der Waals surface area (Å²) in [6, 6.07) is 1.97. The van der Waals surface area contributed by atoms with Crippen molar-refractivity contribution in [3.63, 3.8) is 0 Å². The van der Waals surface area contributed by atoms with Gasteiger partial charge in [-0.3, -0.25) is 0 Å². The van der Waals surface area contributed by atoms with Gasteiger partial charge in [-0.1, -0.05) is 11.6 Å². The highest BCUT2D eigenvalue weighted by Crippen LogP contribution is 2.38. The maximum Gasteiger partial charge on any atom is 0.144 e. The molecule has 20 heavy (non-hydrogen) atoms. The van der Waals surface area contributed by atoms with Crippen LogP contribution >= 0.6 is 11.6 Å². The molecule has 1 heterocycles. The predicted molar refractivity (Wildman–Crippen MR) is 82.3 cm³/mol. The molecule has 1 aliphatic rings. The van der Waals surface area contributed by atoms with Crippen molar-refractivity contribution >= 4 is 11.6 Å². The molecule has 0 saturated carbocycles. The molecule has 4 nitrogen and oxygen atoms in total. The van der Waals surface area contributed by atoms with Crippen LogP contribution in [-0.2, 0) is 6.42 Å². The summed E-state index contributed by atoms with van der Waals surface area (Å²) in [7, 11) is 3.33. The lowest BCUT2D eigenvalue weighted by atomic mass is 10.0. The second kappa shape index (κ2) is 7.16. The second-order valence-electron chi connectivity index (χ2n) is 5.05. The number of nitrogens with one attached hydrogen (secondary N) is 1. The van der Waals surface area contributed by atoms with E-state index in [2.05, 4.69) is 10.2 Å². The molecular formula is C15H23ClN2O2. The van der Waals surface area contributed by atoms with E-state index in [9.17, 15) is 0 Å². The minimum absolute atomic E-state index is 0.654. The lowest BCUT2D eigenvalue weighted by molar-refractivity contribution is 0.243. The fourth-order valence-electron chi connectivity index (χ4n) is 2.74. The molecule has 1 N–H and O–H groups in total. The van der Waals surface area contributed by atoms with Crippen molar-refractivity contribution in [3.05, 3.63) is 22.2 Å². The number of ether oxygens (including phenoxy) is 2. The van der Waals surface area contributed by atoms with Crippen LogP contribution in [0.25, 0.3) is 0 Å². The summed E-state index contributed by atoms with van der Waals surface area (Å²) >= 11 is 6.28. The Morgan fingerprint density at radius 2 is 1.85 bits per heavy atom. The molecule has 1 saturated heterocycles. The van der Waals surface area contributed by atoms with Gasteiger partial charge in [-0.15, -0.1) is 0 Å². The average molecular weight is 299 g/mol. The molecule has 0 radical (unpaired) electrons. The zero-order chi connectivity index (χ0) is 14.5. The Balaban J connectivity index is 2.14. The molecule has 0 aliphatic carbocycles. The minimum atomic E-state index is 0.654. The first-order chi connectivity index (χ1) is 9.67. The number of hydrogen-bond donors (Lipinski definition) is 1. The van der Waals surface area contributed by atoms with Crippen LogP contribution in [0.1, 0.15) is 11.1 Å². The normalized spacial score (nSPS) is 16.2. The summed E-state index contributed by atoms with van der Waals surface area (Å²) in [4.78, 5) is 2.46. The molecule has 1 aromatic carbocycles. The first-order valence-electron chi connectivity index (χ1n) is 7.00. The highest BCUT2D eigenvalue weighted by molar-refractivity contribution is 6.32. The van der Waals surface area contributed by atoms with Crippen molar-refractivity contribution in [3.8, 4) is 11.5 Å². The molecule has 0 amide bonds. The maximum atomic E-state index is 6.28.